The van der Waals surface area contributed by atoms with Gasteiger partial charge in [0, 0.05) is 41.5 Å². The summed E-state index contributed by atoms with van der Waals surface area (Å²) in [6.07, 6.45) is 7.67. The second-order valence-corrected chi connectivity index (χ2v) is 6.24. The summed E-state index contributed by atoms with van der Waals surface area (Å²) in [5.74, 6) is 0.750. The van der Waals surface area contributed by atoms with Crippen LogP contribution in [0.5, 0.6) is 0 Å². The number of rotatable bonds is 7. The van der Waals surface area contributed by atoms with Crippen LogP contribution in [0.1, 0.15) is 36.2 Å². The van der Waals surface area contributed by atoms with Crippen molar-refractivity contribution in [1.29, 1.82) is 0 Å². The van der Waals surface area contributed by atoms with E-state index in [1.54, 1.807) is 12.4 Å². The molecule has 4 nitrogen and oxygen atoms in total. The van der Waals surface area contributed by atoms with Crippen LogP contribution in [0.25, 0.3) is 11.4 Å². The Morgan fingerprint density at radius 1 is 1.04 bits per heavy atom. The lowest BCUT2D eigenvalue weighted by atomic mass is 10.1. The van der Waals surface area contributed by atoms with Crippen LogP contribution in [0, 0.1) is 6.92 Å². The zero-order valence-corrected chi connectivity index (χ0v) is 14.8. The van der Waals surface area contributed by atoms with Crippen LogP contribution in [0.4, 0.5) is 0 Å². The number of aryl methyl sites for hydroxylation is 2. The topological polar surface area (TPSA) is 50.7 Å². The first kappa shape index (κ1) is 17.2. The molecule has 25 heavy (non-hydrogen) atoms. The van der Waals surface area contributed by atoms with E-state index < -0.39 is 0 Å². The second kappa shape index (κ2) is 8.49. The summed E-state index contributed by atoms with van der Waals surface area (Å²) in [7, 11) is 0. The van der Waals surface area contributed by atoms with Gasteiger partial charge in [0.05, 0.1) is 0 Å². The highest BCUT2D eigenvalue weighted by Crippen LogP contribution is 2.19. The van der Waals surface area contributed by atoms with Crippen LogP contribution in [0.15, 0.2) is 61.1 Å². The summed E-state index contributed by atoms with van der Waals surface area (Å²) in [4.78, 5) is 13.2. The Labute approximate surface area is 149 Å². The third-order valence-corrected chi connectivity index (χ3v) is 4.36. The van der Waals surface area contributed by atoms with E-state index in [0.717, 1.165) is 42.0 Å². The van der Waals surface area contributed by atoms with Gasteiger partial charge in [-0.2, -0.15) is 0 Å². The first-order chi connectivity index (χ1) is 12.2. The number of nitrogens with one attached hydrogen (secondary N) is 1. The van der Waals surface area contributed by atoms with Gasteiger partial charge in [0.25, 0.3) is 0 Å². The molecule has 1 aromatic carbocycles. The molecule has 1 N–H and O–H groups in total. The molecule has 0 radical (unpaired) electrons. The van der Waals surface area contributed by atoms with E-state index in [1.807, 2.05) is 25.3 Å². The monoisotopic (exact) mass is 332 g/mol. The van der Waals surface area contributed by atoms with Crippen molar-refractivity contribution >= 4 is 0 Å². The van der Waals surface area contributed by atoms with Crippen LogP contribution >= 0.6 is 0 Å². The fraction of sp³-hybridized carbons (Fsp3) is 0.286. The molecule has 4 heteroatoms. The van der Waals surface area contributed by atoms with Crippen molar-refractivity contribution in [3.63, 3.8) is 0 Å². The number of benzene rings is 1. The molecule has 2 heterocycles. The van der Waals surface area contributed by atoms with Crippen molar-refractivity contribution in [3.8, 4) is 11.4 Å². The molecular weight excluding hydrogens is 308 g/mol. The largest absolute Gasteiger partial charge is 0.310 e. The molecular formula is C21H24N4. The van der Waals surface area contributed by atoms with E-state index in [9.17, 15) is 0 Å². The van der Waals surface area contributed by atoms with E-state index in [4.69, 9.17) is 0 Å². The number of hydrogen-bond acceptors (Lipinski definition) is 4. The summed E-state index contributed by atoms with van der Waals surface area (Å²) in [6, 6.07) is 14.7. The van der Waals surface area contributed by atoms with Crippen LogP contribution < -0.4 is 5.32 Å². The molecule has 3 aromatic rings. The second-order valence-electron chi connectivity index (χ2n) is 6.24. The minimum Gasteiger partial charge on any atom is -0.310 e. The van der Waals surface area contributed by atoms with Crippen LogP contribution in [0.3, 0.4) is 0 Å². The third-order valence-electron chi connectivity index (χ3n) is 4.36. The summed E-state index contributed by atoms with van der Waals surface area (Å²) < 4.78 is 0. The van der Waals surface area contributed by atoms with Crippen molar-refractivity contribution in [1.82, 2.24) is 20.3 Å². The van der Waals surface area contributed by atoms with Gasteiger partial charge >= 0.3 is 0 Å². The van der Waals surface area contributed by atoms with E-state index in [2.05, 4.69) is 57.5 Å². The minimum absolute atomic E-state index is 0.238. The Kier molecular flexibility index (Phi) is 5.86. The van der Waals surface area contributed by atoms with E-state index in [0.29, 0.717) is 0 Å². The Bertz CT molecular complexity index is 788. The Morgan fingerprint density at radius 2 is 1.80 bits per heavy atom. The van der Waals surface area contributed by atoms with Crippen molar-refractivity contribution in [2.45, 2.75) is 32.7 Å². The molecule has 0 aliphatic carbocycles. The van der Waals surface area contributed by atoms with E-state index >= 15 is 0 Å². The Morgan fingerprint density at radius 3 is 2.52 bits per heavy atom. The Balaban J connectivity index is 1.56. The molecule has 0 spiro atoms. The first-order valence-corrected chi connectivity index (χ1v) is 8.75. The van der Waals surface area contributed by atoms with E-state index in [-0.39, 0.29) is 6.04 Å². The average Bonchev–Trinajstić information content (AvgIpc) is 2.66. The van der Waals surface area contributed by atoms with Crippen molar-refractivity contribution in [2.24, 2.45) is 0 Å². The molecule has 2 aromatic heterocycles. The lowest BCUT2D eigenvalue weighted by molar-refractivity contribution is 0.553. The van der Waals surface area contributed by atoms with Gasteiger partial charge in [0.2, 0.25) is 0 Å². The molecule has 0 saturated carbocycles. The minimum atomic E-state index is 0.238. The van der Waals surface area contributed by atoms with Gasteiger partial charge in [-0.3, -0.25) is 4.98 Å². The van der Waals surface area contributed by atoms with Crippen molar-refractivity contribution in [3.05, 3.63) is 77.9 Å². The molecule has 0 saturated heterocycles. The van der Waals surface area contributed by atoms with Gasteiger partial charge in [0.15, 0.2) is 5.82 Å². The number of aromatic nitrogens is 3. The summed E-state index contributed by atoms with van der Waals surface area (Å²) >= 11 is 0. The molecule has 0 amide bonds. The predicted octanol–water partition coefficient (Wildman–Crippen LogP) is 4.13. The highest BCUT2D eigenvalue weighted by Gasteiger charge is 2.11. The zero-order chi connectivity index (χ0) is 17.5. The standard InChI is InChI=1S/C21H24N4/c1-16(23-12-6-9-18-7-4-3-5-8-18)20-15-24-21(25-17(20)2)19-10-13-22-14-11-19/h3-5,7-8,10-11,13-16,23H,6,9,12H2,1-2H3/t16-/m1/s1. The van der Waals surface area contributed by atoms with Gasteiger partial charge in [-0.15, -0.1) is 0 Å². The van der Waals surface area contributed by atoms with Crippen molar-refractivity contribution < 1.29 is 0 Å². The average molecular weight is 332 g/mol. The lowest BCUT2D eigenvalue weighted by Crippen LogP contribution is -2.21. The van der Waals surface area contributed by atoms with Gasteiger partial charge in [-0.05, 0) is 50.9 Å². The summed E-state index contributed by atoms with van der Waals surface area (Å²) in [5.41, 5.74) is 4.55. The zero-order valence-electron chi connectivity index (χ0n) is 14.8. The highest BCUT2D eigenvalue weighted by molar-refractivity contribution is 5.53. The van der Waals surface area contributed by atoms with Gasteiger partial charge in [0.1, 0.15) is 0 Å². The van der Waals surface area contributed by atoms with Crippen LogP contribution in [-0.2, 0) is 6.42 Å². The fourth-order valence-corrected chi connectivity index (χ4v) is 2.91. The summed E-state index contributed by atoms with van der Waals surface area (Å²) in [6.45, 7) is 5.19. The maximum Gasteiger partial charge on any atom is 0.159 e. The quantitative estimate of drug-likeness (QED) is 0.661. The van der Waals surface area contributed by atoms with Crippen LogP contribution in [-0.4, -0.2) is 21.5 Å². The normalized spacial score (nSPS) is 12.1. The number of pyridine rings is 1. The number of hydrogen-bond donors (Lipinski definition) is 1. The maximum atomic E-state index is 4.66. The number of nitrogens with zero attached hydrogens (tertiary/aromatic N) is 3. The molecule has 3 rings (SSSR count). The van der Waals surface area contributed by atoms with Crippen LogP contribution in [0.2, 0.25) is 0 Å². The Hall–Kier alpha value is -2.59. The fourth-order valence-electron chi connectivity index (χ4n) is 2.91. The van der Waals surface area contributed by atoms with Gasteiger partial charge in [-0.25, -0.2) is 9.97 Å². The smallest absolute Gasteiger partial charge is 0.159 e. The highest BCUT2D eigenvalue weighted by atomic mass is 14.9. The molecule has 1 atom stereocenters. The lowest BCUT2D eigenvalue weighted by Gasteiger charge is -2.16. The molecule has 0 aliphatic rings. The summed E-state index contributed by atoms with van der Waals surface area (Å²) in [5, 5.41) is 3.58. The SMILES string of the molecule is Cc1nc(-c2ccncc2)ncc1[C@@H](C)NCCCc1ccccc1. The first-order valence-electron chi connectivity index (χ1n) is 8.75. The third kappa shape index (κ3) is 4.70. The maximum absolute atomic E-state index is 4.66. The van der Waals surface area contributed by atoms with Crippen molar-refractivity contribution in [2.75, 3.05) is 6.54 Å². The molecule has 0 unspecified atom stereocenters. The van der Waals surface area contributed by atoms with Gasteiger partial charge < -0.3 is 5.32 Å². The molecule has 128 valence electrons. The predicted molar refractivity (Wildman–Crippen MR) is 101 cm³/mol. The molecule has 0 fully saturated rings. The van der Waals surface area contributed by atoms with Gasteiger partial charge in [-0.1, -0.05) is 30.3 Å². The van der Waals surface area contributed by atoms with E-state index in [1.165, 1.54) is 5.56 Å². The molecule has 0 aliphatic heterocycles. The molecule has 0 bridgehead atoms.